The van der Waals surface area contributed by atoms with Crippen LogP contribution in [0.4, 0.5) is 0 Å². The Morgan fingerprint density at radius 2 is 1.88 bits per heavy atom. The Balaban J connectivity index is 1.64. The van der Waals surface area contributed by atoms with Crippen molar-refractivity contribution in [3.8, 4) is 5.75 Å². The highest BCUT2D eigenvalue weighted by molar-refractivity contribution is 9.11. The van der Waals surface area contributed by atoms with Gasteiger partial charge in [-0.15, -0.1) is 5.10 Å². The van der Waals surface area contributed by atoms with Gasteiger partial charge in [0.1, 0.15) is 11.5 Å². The lowest BCUT2D eigenvalue weighted by molar-refractivity contribution is -0.122. The molecule has 1 N–H and O–H groups in total. The number of amidine groups is 1. The zero-order valence-electron chi connectivity index (χ0n) is 16.2. The second-order valence-electron chi connectivity index (χ2n) is 6.59. The highest BCUT2D eigenvalue weighted by Gasteiger charge is 2.34. The number of benzene rings is 2. The van der Waals surface area contributed by atoms with Crippen molar-refractivity contribution < 1.29 is 14.3 Å². The molecule has 2 aromatic carbocycles. The van der Waals surface area contributed by atoms with Crippen LogP contribution in [0.1, 0.15) is 16.9 Å². The molecule has 6 nitrogen and oxygen atoms in total. The largest absolute Gasteiger partial charge is 0.506 e. The number of thioether (sulfide) groups is 1. The first-order chi connectivity index (χ1) is 15.4. The number of carbonyl (C=O) groups excluding carboxylic acids is 1. The van der Waals surface area contributed by atoms with Gasteiger partial charge in [-0.1, -0.05) is 44.0 Å². The highest BCUT2D eigenvalue weighted by atomic mass is 79.9. The topological polar surface area (TPSA) is 78.4 Å². The quantitative estimate of drug-likeness (QED) is 0.190. The van der Waals surface area contributed by atoms with E-state index in [4.69, 9.17) is 4.42 Å². The van der Waals surface area contributed by atoms with E-state index in [0.717, 1.165) is 14.5 Å². The van der Waals surface area contributed by atoms with Gasteiger partial charge in [-0.3, -0.25) is 9.69 Å². The van der Waals surface area contributed by atoms with Crippen molar-refractivity contribution in [3.05, 3.63) is 90.0 Å². The van der Waals surface area contributed by atoms with Gasteiger partial charge in [0.2, 0.25) is 0 Å². The smallest absolute Gasteiger partial charge is 0.267 e. The van der Waals surface area contributed by atoms with Crippen LogP contribution in [-0.4, -0.2) is 27.3 Å². The van der Waals surface area contributed by atoms with Crippen molar-refractivity contribution in [3.63, 3.8) is 0 Å². The molecule has 4 rings (SSSR count). The SMILES string of the molecule is O=C1/C(=C/c2ccc(Br)cc2)S/C(=N\N=C\c2cc(Br)cc(Br)c2O)N1Cc1ccco1. The van der Waals surface area contributed by atoms with Crippen LogP contribution in [0, 0.1) is 0 Å². The molecular weight excluding hydrogens is 626 g/mol. The molecular formula is C22H14Br3N3O3S. The average molecular weight is 640 g/mol. The first kappa shape index (κ1) is 23.0. The van der Waals surface area contributed by atoms with E-state index in [-0.39, 0.29) is 18.2 Å². The molecule has 1 aliphatic heterocycles. The Labute approximate surface area is 213 Å². The number of phenols is 1. The molecule has 1 aromatic heterocycles. The maximum atomic E-state index is 13.1. The fourth-order valence-electron chi connectivity index (χ4n) is 2.82. The lowest BCUT2D eigenvalue weighted by Gasteiger charge is -2.12. The number of rotatable bonds is 5. The van der Waals surface area contributed by atoms with E-state index in [1.165, 1.54) is 22.9 Å². The van der Waals surface area contributed by atoms with Crippen molar-refractivity contribution in [2.24, 2.45) is 10.2 Å². The van der Waals surface area contributed by atoms with Crippen molar-refractivity contribution in [2.75, 3.05) is 0 Å². The third-order valence-electron chi connectivity index (χ3n) is 4.35. The molecule has 10 heteroatoms. The molecule has 3 aromatic rings. The Kier molecular flexibility index (Phi) is 7.34. The van der Waals surface area contributed by atoms with Gasteiger partial charge in [0.15, 0.2) is 5.17 Å². The van der Waals surface area contributed by atoms with Gasteiger partial charge in [-0.2, -0.15) is 5.10 Å². The molecule has 1 saturated heterocycles. The first-order valence-corrected chi connectivity index (χ1v) is 12.4. The van der Waals surface area contributed by atoms with Crippen LogP contribution < -0.4 is 0 Å². The molecule has 0 aliphatic carbocycles. The van der Waals surface area contributed by atoms with Gasteiger partial charge in [-0.05, 0) is 75.7 Å². The minimum atomic E-state index is -0.184. The molecule has 0 bridgehead atoms. The van der Waals surface area contributed by atoms with E-state index in [1.807, 2.05) is 30.3 Å². The highest BCUT2D eigenvalue weighted by Crippen LogP contribution is 2.34. The van der Waals surface area contributed by atoms with Crippen molar-refractivity contribution in [1.29, 1.82) is 0 Å². The number of phenolic OH excluding ortho intramolecular Hbond substituents is 1. The molecule has 1 fully saturated rings. The van der Waals surface area contributed by atoms with Crippen LogP contribution in [0.3, 0.4) is 0 Å². The number of hydrogen-bond donors (Lipinski definition) is 1. The van der Waals surface area contributed by atoms with Gasteiger partial charge in [0, 0.05) is 14.5 Å². The number of furan rings is 1. The van der Waals surface area contributed by atoms with Gasteiger partial charge in [0.25, 0.3) is 5.91 Å². The molecule has 32 heavy (non-hydrogen) atoms. The van der Waals surface area contributed by atoms with Crippen molar-refractivity contribution in [1.82, 2.24) is 4.90 Å². The van der Waals surface area contributed by atoms with Gasteiger partial charge in [0.05, 0.1) is 28.4 Å². The maximum absolute atomic E-state index is 13.1. The standard InChI is InChI=1S/C22H14Br3N3O3S/c23-15-5-3-13(4-6-15)8-19-21(30)28(12-17-2-1-7-31-17)22(32-19)27-26-11-14-9-16(24)10-18(25)20(14)29/h1-11,29H,12H2/b19-8-,26-11+,27-22-. The summed E-state index contributed by atoms with van der Waals surface area (Å²) in [4.78, 5) is 15.1. The monoisotopic (exact) mass is 637 g/mol. The fourth-order valence-corrected chi connectivity index (χ4v) is 5.27. The number of halogens is 3. The molecule has 2 heterocycles. The van der Waals surface area contributed by atoms with Gasteiger partial charge in [-0.25, -0.2) is 0 Å². The van der Waals surface area contributed by atoms with Gasteiger partial charge >= 0.3 is 0 Å². The van der Waals surface area contributed by atoms with Crippen LogP contribution in [0.2, 0.25) is 0 Å². The van der Waals surface area contributed by atoms with Crippen molar-refractivity contribution in [2.45, 2.75) is 6.54 Å². The molecule has 0 spiro atoms. The third-order valence-corrected chi connectivity index (χ3v) is 6.94. The molecule has 0 saturated carbocycles. The van der Waals surface area contributed by atoms with E-state index >= 15 is 0 Å². The van der Waals surface area contributed by atoms with Crippen LogP contribution >= 0.6 is 59.6 Å². The Morgan fingerprint density at radius 3 is 2.59 bits per heavy atom. The summed E-state index contributed by atoms with van der Waals surface area (Å²) < 4.78 is 7.68. The third kappa shape index (κ3) is 5.43. The zero-order chi connectivity index (χ0) is 22.7. The molecule has 0 unspecified atom stereocenters. The predicted molar refractivity (Wildman–Crippen MR) is 138 cm³/mol. The summed E-state index contributed by atoms with van der Waals surface area (Å²) in [5, 5.41) is 19.0. The summed E-state index contributed by atoms with van der Waals surface area (Å²) in [6, 6.07) is 14.7. The first-order valence-electron chi connectivity index (χ1n) is 9.19. The lowest BCUT2D eigenvalue weighted by atomic mass is 10.2. The van der Waals surface area contributed by atoms with Crippen LogP contribution in [0.25, 0.3) is 6.08 Å². The number of nitrogens with zero attached hydrogens (tertiary/aromatic N) is 3. The fraction of sp³-hybridized carbons (Fsp3) is 0.0455. The second kappa shape index (κ2) is 10.2. The Morgan fingerprint density at radius 1 is 1.09 bits per heavy atom. The Hall–Kier alpha value is -2.14. The zero-order valence-corrected chi connectivity index (χ0v) is 21.8. The summed E-state index contributed by atoms with van der Waals surface area (Å²) >= 11 is 11.3. The van der Waals surface area contributed by atoms with E-state index in [0.29, 0.717) is 25.9 Å². The average Bonchev–Trinajstić information content (AvgIpc) is 3.37. The normalized spacial score (nSPS) is 16.7. The van der Waals surface area contributed by atoms with E-state index < -0.39 is 0 Å². The number of amides is 1. The lowest BCUT2D eigenvalue weighted by Crippen LogP contribution is -2.28. The molecule has 0 radical (unpaired) electrons. The second-order valence-corrected chi connectivity index (χ2v) is 10.3. The number of carbonyl (C=O) groups is 1. The van der Waals surface area contributed by atoms with E-state index in [9.17, 15) is 9.90 Å². The molecule has 162 valence electrons. The van der Waals surface area contributed by atoms with E-state index in [1.54, 1.807) is 30.5 Å². The summed E-state index contributed by atoms with van der Waals surface area (Å²) in [6.07, 6.45) is 4.81. The summed E-state index contributed by atoms with van der Waals surface area (Å²) in [7, 11) is 0. The summed E-state index contributed by atoms with van der Waals surface area (Å²) in [5.41, 5.74) is 1.38. The van der Waals surface area contributed by atoms with Crippen molar-refractivity contribution >= 4 is 82.9 Å². The number of aromatic hydroxyl groups is 1. The summed E-state index contributed by atoms with van der Waals surface area (Å²) in [6.45, 7) is 0.235. The van der Waals surface area contributed by atoms with Crippen LogP contribution in [0.5, 0.6) is 5.75 Å². The summed E-state index contributed by atoms with van der Waals surface area (Å²) in [5.74, 6) is 0.501. The predicted octanol–water partition coefficient (Wildman–Crippen LogP) is 6.78. The van der Waals surface area contributed by atoms with E-state index in [2.05, 4.69) is 58.0 Å². The molecule has 0 atom stereocenters. The maximum Gasteiger partial charge on any atom is 0.267 e. The van der Waals surface area contributed by atoms with Crippen LogP contribution in [0.15, 0.2) is 87.7 Å². The minimum absolute atomic E-state index is 0.0515. The molecule has 1 amide bonds. The van der Waals surface area contributed by atoms with Gasteiger partial charge < -0.3 is 9.52 Å². The minimum Gasteiger partial charge on any atom is -0.506 e. The Bertz CT molecular complexity index is 1240. The van der Waals surface area contributed by atoms with Crippen LogP contribution in [-0.2, 0) is 11.3 Å². The number of hydrogen-bond acceptors (Lipinski definition) is 6. The molecule has 1 aliphatic rings.